The molecule has 0 saturated heterocycles. The molecule has 0 bridgehead atoms. The molecule has 1 aromatic carbocycles. The van der Waals surface area contributed by atoms with Crippen LogP contribution in [0, 0.1) is 0 Å². The molecule has 1 atom stereocenters. The molecular weight excluding hydrogens is 308 g/mol. The van der Waals surface area contributed by atoms with Gasteiger partial charge in [-0.25, -0.2) is 4.79 Å². The molecule has 0 aliphatic rings. The molecule has 1 unspecified atom stereocenters. The highest BCUT2D eigenvalue weighted by Gasteiger charge is 2.19. The molecule has 0 aliphatic carbocycles. The number of hydrogen-bond acceptors (Lipinski definition) is 5. The fraction of sp³-hybridized carbons (Fsp3) is 0.353. The number of rotatable bonds is 7. The number of hydrogen-bond donors (Lipinski definition) is 2. The van der Waals surface area contributed by atoms with Crippen LogP contribution in [-0.4, -0.2) is 35.3 Å². The Kier molecular flexibility index (Phi) is 6.08. The molecule has 2 aromatic rings. The first-order valence-corrected chi connectivity index (χ1v) is 7.74. The van der Waals surface area contributed by atoms with E-state index in [1.165, 1.54) is 0 Å². The van der Waals surface area contributed by atoms with Gasteiger partial charge in [0, 0.05) is 25.4 Å². The van der Waals surface area contributed by atoms with E-state index in [2.05, 4.69) is 15.7 Å². The van der Waals surface area contributed by atoms with E-state index in [1.807, 2.05) is 0 Å². The van der Waals surface area contributed by atoms with Gasteiger partial charge in [0.05, 0.1) is 18.4 Å². The minimum absolute atomic E-state index is 0.139. The van der Waals surface area contributed by atoms with Gasteiger partial charge in [0.2, 0.25) is 5.91 Å². The van der Waals surface area contributed by atoms with Gasteiger partial charge in [0.1, 0.15) is 6.04 Å². The summed E-state index contributed by atoms with van der Waals surface area (Å²) in [5, 5.41) is 9.94. The first kappa shape index (κ1) is 17.7. The zero-order valence-corrected chi connectivity index (χ0v) is 14.1. The van der Waals surface area contributed by atoms with Gasteiger partial charge in [-0.2, -0.15) is 5.10 Å². The molecule has 0 spiro atoms. The standard InChI is InChI=1S/C17H22N4O3/c1-4-24-17(23)13-7-5-12(6-8-13)9-19-16(22)15(18-2)14-10-20-21(3)11-14/h5-8,10-11,15,18H,4,9H2,1-3H3,(H,19,22). The van der Waals surface area contributed by atoms with E-state index in [4.69, 9.17) is 4.74 Å². The topological polar surface area (TPSA) is 85.2 Å². The molecule has 2 N–H and O–H groups in total. The van der Waals surface area contributed by atoms with Crippen LogP contribution in [0.3, 0.4) is 0 Å². The van der Waals surface area contributed by atoms with E-state index in [1.54, 1.807) is 62.4 Å². The normalized spacial score (nSPS) is 11.8. The Morgan fingerprint density at radius 2 is 2.00 bits per heavy atom. The summed E-state index contributed by atoms with van der Waals surface area (Å²) in [6.45, 7) is 2.49. The van der Waals surface area contributed by atoms with Crippen molar-refractivity contribution in [2.75, 3.05) is 13.7 Å². The van der Waals surface area contributed by atoms with E-state index in [0.29, 0.717) is 18.7 Å². The molecule has 0 fully saturated rings. The number of benzene rings is 1. The lowest BCUT2D eigenvalue weighted by atomic mass is 10.1. The molecule has 0 aliphatic heterocycles. The summed E-state index contributed by atoms with van der Waals surface area (Å²) >= 11 is 0. The second kappa shape index (κ2) is 8.26. The van der Waals surface area contributed by atoms with Crippen LogP contribution in [-0.2, 0) is 23.1 Å². The van der Waals surface area contributed by atoms with Gasteiger partial charge in [0.15, 0.2) is 0 Å². The fourth-order valence-electron chi connectivity index (χ4n) is 2.30. The van der Waals surface area contributed by atoms with Gasteiger partial charge < -0.3 is 15.4 Å². The third kappa shape index (κ3) is 4.42. The molecule has 2 rings (SSSR count). The van der Waals surface area contributed by atoms with Gasteiger partial charge in [-0.1, -0.05) is 12.1 Å². The Morgan fingerprint density at radius 3 is 2.54 bits per heavy atom. The number of ether oxygens (including phenoxy) is 1. The molecule has 7 nitrogen and oxygen atoms in total. The van der Waals surface area contributed by atoms with Crippen LogP contribution in [0.15, 0.2) is 36.7 Å². The minimum atomic E-state index is -0.461. The molecule has 1 heterocycles. The van der Waals surface area contributed by atoms with Gasteiger partial charge >= 0.3 is 5.97 Å². The number of aromatic nitrogens is 2. The van der Waals surface area contributed by atoms with Crippen LogP contribution in [0.4, 0.5) is 0 Å². The number of nitrogens with zero attached hydrogens (tertiary/aromatic N) is 2. The maximum absolute atomic E-state index is 12.3. The summed E-state index contributed by atoms with van der Waals surface area (Å²) in [7, 11) is 3.53. The average molecular weight is 330 g/mol. The highest BCUT2D eigenvalue weighted by molar-refractivity contribution is 5.89. The predicted molar refractivity (Wildman–Crippen MR) is 89.3 cm³/mol. The first-order valence-electron chi connectivity index (χ1n) is 7.74. The minimum Gasteiger partial charge on any atom is -0.462 e. The van der Waals surface area contributed by atoms with Crippen molar-refractivity contribution in [3.05, 3.63) is 53.3 Å². The van der Waals surface area contributed by atoms with Crippen LogP contribution in [0.25, 0.3) is 0 Å². The Hall–Kier alpha value is -2.67. The molecule has 1 aromatic heterocycles. The maximum Gasteiger partial charge on any atom is 0.338 e. The number of carbonyl (C=O) groups is 2. The summed E-state index contributed by atoms with van der Waals surface area (Å²) in [6, 6.07) is 6.51. The van der Waals surface area contributed by atoms with Gasteiger partial charge in [-0.3, -0.25) is 9.48 Å². The average Bonchev–Trinajstić information content (AvgIpc) is 3.00. The van der Waals surface area contributed by atoms with Crippen molar-refractivity contribution in [2.24, 2.45) is 7.05 Å². The van der Waals surface area contributed by atoms with Crippen molar-refractivity contribution in [3.63, 3.8) is 0 Å². The summed E-state index contributed by atoms with van der Waals surface area (Å²) in [5.41, 5.74) is 2.20. The van der Waals surface area contributed by atoms with Crippen molar-refractivity contribution >= 4 is 11.9 Å². The zero-order valence-electron chi connectivity index (χ0n) is 14.1. The number of likely N-dealkylation sites (N-methyl/N-ethyl adjacent to an activating group) is 1. The third-order valence-electron chi connectivity index (χ3n) is 3.54. The monoisotopic (exact) mass is 330 g/mol. The second-order valence-electron chi connectivity index (χ2n) is 5.30. The lowest BCUT2D eigenvalue weighted by molar-refractivity contribution is -0.123. The van der Waals surface area contributed by atoms with E-state index < -0.39 is 6.04 Å². The van der Waals surface area contributed by atoms with Crippen LogP contribution in [0.1, 0.15) is 34.5 Å². The van der Waals surface area contributed by atoms with Crippen LogP contribution >= 0.6 is 0 Å². The lowest BCUT2D eigenvalue weighted by Crippen LogP contribution is -2.35. The largest absolute Gasteiger partial charge is 0.462 e. The maximum atomic E-state index is 12.3. The quantitative estimate of drug-likeness (QED) is 0.745. The molecule has 1 amide bonds. The highest BCUT2D eigenvalue weighted by Crippen LogP contribution is 2.12. The van der Waals surface area contributed by atoms with E-state index in [-0.39, 0.29) is 11.9 Å². The van der Waals surface area contributed by atoms with Crippen molar-refractivity contribution in [1.29, 1.82) is 0 Å². The highest BCUT2D eigenvalue weighted by atomic mass is 16.5. The SMILES string of the molecule is CCOC(=O)c1ccc(CNC(=O)C(NC)c2cnn(C)c2)cc1. The van der Waals surface area contributed by atoms with Crippen LogP contribution < -0.4 is 10.6 Å². The Labute approximate surface area is 141 Å². The molecular formula is C17H22N4O3. The van der Waals surface area contributed by atoms with Crippen molar-refractivity contribution in [1.82, 2.24) is 20.4 Å². The van der Waals surface area contributed by atoms with Crippen molar-refractivity contribution in [2.45, 2.75) is 19.5 Å². The van der Waals surface area contributed by atoms with Gasteiger partial charge in [0.25, 0.3) is 0 Å². The van der Waals surface area contributed by atoms with Crippen LogP contribution in [0.5, 0.6) is 0 Å². The van der Waals surface area contributed by atoms with E-state index in [0.717, 1.165) is 11.1 Å². The molecule has 0 radical (unpaired) electrons. The van der Waals surface area contributed by atoms with Gasteiger partial charge in [-0.05, 0) is 31.7 Å². The third-order valence-corrected chi connectivity index (χ3v) is 3.54. The summed E-state index contributed by atoms with van der Waals surface area (Å²) < 4.78 is 6.59. The summed E-state index contributed by atoms with van der Waals surface area (Å²) in [6.07, 6.45) is 3.46. The first-order chi connectivity index (χ1) is 11.5. The zero-order chi connectivity index (χ0) is 17.5. The van der Waals surface area contributed by atoms with Crippen LogP contribution in [0.2, 0.25) is 0 Å². The number of carbonyl (C=O) groups excluding carboxylic acids is 2. The number of nitrogens with one attached hydrogen (secondary N) is 2. The summed E-state index contributed by atoms with van der Waals surface area (Å²) in [5.74, 6) is -0.486. The molecule has 7 heteroatoms. The van der Waals surface area contributed by atoms with Crippen molar-refractivity contribution < 1.29 is 14.3 Å². The molecule has 24 heavy (non-hydrogen) atoms. The van der Waals surface area contributed by atoms with Crippen molar-refractivity contribution in [3.8, 4) is 0 Å². The Balaban J connectivity index is 1.94. The van der Waals surface area contributed by atoms with E-state index >= 15 is 0 Å². The number of amides is 1. The smallest absolute Gasteiger partial charge is 0.338 e. The molecule has 0 saturated carbocycles. The predicted octanol–water partition coefficient (Wildman–Crippen LogP) is 1.17. The molecule has 128 valence electrons. The number of esters is 1. The lowest BCUT2D eigenvalue weighted by Gasteiger charge is -2.14. The summed E-state index contributed by atoms with van der Waals surface area (Å²) in [4.78, 5) is 23.9. The van der Waals surface area contributed by atoms with E-state index in [9.17, 15) is 9.59 Å². The number of aryl methyl sites for hydroxylation is 1. The second-order valence-corrected chi connectivity index (χ2v) is 5.30. The fourth-order valence-corrected chi connectivity index (χ4v) is 2.30. The van der Waals surface area contributed by atoms with Gasteiger partial charge in [-0.15, -0.1) is 0 Å². The Bertz CT molecular complexity index is 694. The Morgan fingerprint density at radius 1 is 1.29 bits per heavy atom.